The highest BCUT2D eigenvalue weighted by Gasteiger charge is 1.99. The highest BCUT2D eigenvalue weighted by atomic mass is 79.9. The van der Waals surface area contributed by atoms with Crippen LogP contribution in [0.15, 0.2) is 34.9 Å². The van der Waals surface area contributed by atoms with Crippen molar-refractivity contribution in [2.24, 2.45) is 0 Å². The second-order valence-electron chi connectivity index (χ2n) is 2.70. The molecule has 0 unspecified atom stereocenters. The zero-order valence-electron chi connectivity index (χ0n) is 7.18. The van der Waals surface area contributed by atoms with Gasteiger partial charge in [-0.3, -0.25) is 0 Å². The van der Waals surface area contributed by atoms with Crippen LogP contribution in [-0.2, 0) is 0 Å². The zero-order valence-corrected chi connectivity index (χ0v) is 8.77. The average Bonchev–Trinajstić information content (AvgIpc) is 2.56. The Morgan fingerprint density at radius 1 is 1.29 bits per heavy atom. The molecule has 1 heterocycles. The third-order valence-electron chi connectivity index (χ3n) is 1.69. The van der Waals surface area contributed by atoms with E-state index in [9.17, 15) is 0 Å². The number of aromatic nitrogens is 3. The molecule has 0 atom stereocenters. The maximum atomic E-state index is 5.49. The number of hydrogen-bond acceptors (Lipinski definition) is 4. The summed E-state index contributed by atoms with van der Waals surface area (Å²) in [5, 5.41) is 10.3. The number of nitrogens with one attached hydrogen (secondary N) is 1. The SMILES string of the molecule is Nn1nncc1Nc1ccc(Br)cc1. The Labute approximate surface area is 89.0 Å². The van der Waals surface area contributed by atoms with Gasteiger partial charge in [0.1, 0.15) is 0 Å². The molecule has 0 saturated carbocycles. The minimum absolute atomic E-state index is 0.646. The van der Waals surface area contributed by atoms with Crippen molar-refractivity contribution in [3.8, 4) is 0 Å². The van der Waals surface area contributed by atoms with E-state index in [1.165, 1.54) is 4.79 Å². The molecule has 72 valence electrons. The van der Waals surface area contributed by atoms with Crippen molar-refractivity contribution in [3.63, 3.8) is 0 Å². The molecule has 0 saturated heterocycles. The lowest BCUT2D eigenvalue weighted by Crippen LogP contribution is -2.13. The molecule has 6 heteroatoms. The molecule has 2 aromatic rings. The second-order valence-corrected chi connectivity index (χ2v) is 3.61. The van der Waals surface area contributed by atoms with Gasteiger partial charge >= 0.3 is 0 Å². The van der Waals surface area contributed by atoms with E-state index in [0.717, 1.165) is 10.2 Å². The summed E-state index contributed by atoms with van der Waals surface area (Å²) in [6.07, 6.45) is 1.56. The van der Waals surface area contributed by atoms with Gasteiger partial charge in [-0.15, -0.1) is 9.89 Å². The summed E-state index contributed by atoms with van der Waals surface area (Å²) in [5.74, 6) is 6.14. The van der Waals surface area contributed by atoms with Gasteiger partial charge < -0.3 is 11.2 Å². The van der Waals surface area contributed by atoms with Gasteiger partial charge in [0.25, 0.3) is 0 Å². The van der Waals surface area contributed by atoms with Crippen molar-refractivity contribution < 1.29 is 0 Å². The Morgan fingerprint density at radius 3 is 2.57 bits per heavy atom. The number of hydrogen-bond donors (Lipinski definition) is 2. The van der Waals surface area contributed by atoms with Crippen LogP contribution in [0.3, 0.4) is 0 Å². The number of nitrogens with zero attached hydrogens (tertiary/aromatic N) is 3. The van der Waals surface area contributed by atoms with Crippen LogP contribution in [0.25, 0.3) is 0 Å². The Kier molecular flexibility index (Phi) is 2.36. The number of nitrogen functional groups attached to an aromatic ring is 1. The van der Waals surface area contributed by atoms with Crippen molar-refractivity contribution >= 4 is 27.4 Å². The van der Waals surface area contributed by atoms with Gasteiger partial charge in [0.15, 0.2) is 5.82 Å². The molecule has 3 N–H and O–H groups in total. The Morgan fingerprint density at radius 2 is 2.00 bits per heavy atom. The summed E-state index contributed by atoms with van der Waals surface area (Å²) in [4.78, 5) is 1.18. The molecule has 1 aromatic carbocycles. The van der Waals surface area contributed by atoms with E-state index in [1.54, 1.807) is 6.20 Å². The first-order valence-electron chi connectivity index (χ1n) is 3.94. The fraction of sp³-hybridized carbons (Fsp3) is 0. The largest absolute Gasteiger partial charge is 0.337 e. The van der Waals surface area contributed by atoms with Crippen LogP contribution < -0.4 is 11.2 Å². The van der Waals surface area contributed by atoms with Crippen LogP contribution in [0.1, 0.15) is 0 Å². The van der Waals surface area contributed by atoms with Gasteiger partial charge in [-0.2, -0.15) is 0 Å². The van der Waals surface area contributed by atoms with Crippen LogP contribution in [0, 0.1) is 0 Å². The molecular formula is C8H8BrN5. The maximum absolute atomic E-state index is 5.49. The van der Waals surface area contributed by atoms with E-state index < -0.39 is 0 Å². The number of halogens is 1. The summed E-state index contributed by atoms with van der Waals surface area (Å²) in [5.41, 5.74) is 0.933. The molecule has 0 bridgehead atoms. The van der Waals surface area contributed by atoms with Gasteiger partial charge in [-0.25, -0.2) is 0 Å². The standard InChI is InChI=1S/C8H8BrN5/c9-6-1-3-7(4-2-6)12-8-5-11-13-14(8)10/h1-5,12H,10H2. The molecule has 0 radical (unpaired) electrons. The molecular weight excluding hydrogens is 246 g/mol. The Bertz CT molecular complexity index is 422. The summed E-state index contributed by atoms with van der Waals surface area (Å²) in [7, 11) is 0. The number of rotatable bonds is 2. The Balaban J connectivity index is 2.19. The minimum atomic E-state index is 0.646. The molecule has 0 amide bonds. The first-order valence-corrected chi connectivity index (χ1v) is 4.73. The zero-order chi connectivity index (χ0) is 9.97. The van der Waals surface area contributed by atoms with Crippen LogP contribution in [0.2, 0.25) is 0 Å². The first-order chi connectivity index (χ1) is 6.75. The normalized spacial score (nSPS) is 10.1. The van der Waals surface area contributed by atoms with E-state index in [1.807, 2.05) is 24.3 Å². The first kappa shape index (κ1) is 9.01. The molecule has 14 heavy (non-hydrogen) atoms. The monoisotopic (exact) mass is 253 g/mol. The van der Waals surface area contributed by atoms with Gasteiger partial charge in [0.2, 0.25) is 0 Å². The number of anilines is 2. The summed E-state index contributed by atoms with van der Waals surface area (Å²) in [6, 6.07) is 7.73. The summed E-state index contributed by atoms with van der Waals surface area (Å²) < 4.78 is 1.03. The third kappa shape index (κ3) is 1.85. The number of nitrogens with two attached hydrogens (primary N) is 1. The average molecular weight is 254 g/mol. The highest BCUT2D eigenvalue weighted by Crippen LogP contribution is 2.17. The van der Waals surface area contributed by atoms with Crippen molar-refractivity contribution in [2.75, 3.05) is 11.2 Å². The van der Waals surface area contributed by atoms with Crippen molar-refractivity contribution in [3.05, 3.63) is 34.9 Å². The van der Waals surface area contributed by atoms with E-state index in [2.05, 4.69) is 31.6 Å². The predicted molar refractivity (Wildman–Crippen MR) is 57.6 cm³/mol. The molecule has 0 aliphatic carbocycles. The highest BCUT2D eigenvalue weighted by molar-refractivity contribution is 9.10. The molecule has 0 aliphatic rings. The van der Waals surface area contributed by atoms with Gasteiger partial charge in [0, 0.05) is 10.2 Å². The maximum Gasteiger partial charge on any atom is 0.172 e. The number of benzene rings is 1. The molecule has 0 spiro atoms. The van der Waals surface area contributed by atoms with E-state index in [4.69, 9.17) is 5.84 Å². The third-order valence-corrected chi connectivity index (χ3v) is 2.22. The lowest BCUT2D eigenvalue weighted by atomic mass is 10.3. The van der Waals surface area contributed by atoms with Crippen molar-refractivity contribution in [1.29, 1.82) is 0 Å². The van der Waals surface area contributed by atoms with E-state index in [0.29, 0.717) is 5.82 Å². The Hall–Kier alpha value is -1.56. The van der Waals surface area contributed by atoms with Crippen molar-refractivity contribution in [1.82, 2.24) is 15.1 Å². The van der Waals surface area contributed by atoms with Crippen LogP contribution in [-0.4, -0.2) is 15.1 Å². The minimum Gasteiger partial charge on any atom is -0.337 e. The molecule has 0 aliphatic heterocycles. The summed E-state index contributed by atoms with van der Waals surface area (Å²) >= 11 is 3.36. The van der Waals surface area contributed by atoms with Crippen LogP contribution in [0.4, 0.5) is 11.5 Å². The lowest BCUT2D eigenvalue weighted by molar-refractivity contribution is 0.771. The summed E-state index contributed by atoms with van der Waals surface area (Å²) in [6.45, 7) is 0. The fourth-order valence-electron chi connectivity index (χ4n) is 1.01. The quantitative estimate of drug-likeness (QED) is 0.797. The van der Waals surface area contributed by atoms with Crippen LogP contribution >= 0.6 is 15.9 Å². The van der Waals surface area contributed by atoms with Gasteiger partial charge in [0.05, 0.1) is 6.20 Å². The molecule has 5 nitrogen and oxygen atoms in total. The van der Waals surface area contributed by atoms with Gasteiger partial charge in [-0.05, 0) is 29.5 Å². The fourth-order valence-corrected chi connectivity index (χ4v) is 1.28. The van der Waals surface area contributed by atoms with E-state index >= 15 is 0 Å². The van der Waals surface area contributed by atoms with Crippen LogP contribution in [0.5, 0.6) is 0 Å². The topological polar surface area (TPSA) is 68.8 Å². The smallest absolute Gasteiger partial charge is 0.172 e. The lowest BCUT2D eigenvalue weighted by Gasteiger charge is -2.04. The molecule has 1 aromatic heterocycles. The second kappa shape index (κ2) is 3.67. The molecule has 0 fully saturated rings. The molecule has 2 rings (SSSR count). The van der Waals surface area contributed by atoms with Gasteiger partial charge in [-0.1, -0.05) is 15.9 Å². The van der Waals surface area contributed by atoms with E-state index in [-0.39, 0.29) is 0 Å². The van der Waals surface area contributed by atoms with Crippen molar-refractivity contribution in [2.45, 2.75) is 0 Å². The predicted octanol–water partition coefficient (Wildman–Crippen LogP) is 1.50.